The van der Waals surface area contributed by atoms with Gasteiger partial charge in [0.15, 0.2) is 0 Å². The van der Waals surface area contributed by atoms with Crippen molar-refractivity contribution in [3.05, 3.63) is 30.1 Å². The minimum atomic E-state index is -0.216. The molecule has 3 atom stereocenters. The predicted molar refractivity (Wildman–Crippen MR) is 94.6 cm³/mol. The van der Waals surface area contributed by atoms with E-state index < -0.39 is 0 Å². The van der Waals surface area contributed by atoms with Crippen LogP contribution in [0.4, 0.5) is 0 Å². The van der Waals surface area contributed by atoms with Crippen molar-refractivity contribution in [2.45, 2.75) is 32.9 Å². The summed E-state index contributed by atoms with van der Waals surface area (Å²) in [5.74, 6) is 0.586. The zero-order valence-corrected chi connectivity index (χ0v) is 14.9. The number of halogens is 2. The van der Waals surface area contributed by atoms with E-state index in [0.29, 0.717) is 0 Å². The molecule has 0 saturated heterocycles. The van der Waals surface area contributed by atoms with Crippen LogP contribution in [-0.2, 0) is 11.8 Å². The second-order valence-electron chi connectivity index (χ2n) is 5.40. The molecule has 2 aromatic rings. The van der Waals surface area contributed by atoms with Gasteiger partial charge >= 0.3 is 0 Å². The van der Waals surface area contributed by atoms with E-state index >= 15 is 0 Å². The molecule has 22 heavy (non-hydrogen) atoms. The van der Waals surface area contributed by atoms with E-state index in [0.717, 1.165) is 16.9 Å². The Kier molecular flexibility index (Phi) is 7.87. The lowest BCUT2D eigenvalue weighted by Gasteiger charge is -2.19. The van der Waals surface area contributed by atoms with Gasteiger partial charge in [0.05, 0.1) is 17.1 Å². The number of benzene rings is 1. The highest BCUT2D eigenvalue weighted by molar-refractivity contribution is 5.85. The van der Waals surface area contributed by atoms with Crippen LogP contribution >= 0.6 is 24.8 Å². The monoisotopic (exact) mass is 346 g/mol. The maximum absolute atomic E-state index is 12.1. The zero-order chi connectivity index (χ0) is 14.9. The fourth-order valence-corrected chi connectivity index (χ4v) is 2.20. The summed E-state index contributed by atoms with van der Waals surface area (Å²) < 4.78 is 2.01. The number of nitrogens with two attached hydrogens (primary N) is 1. The van der Waals surface area contributed by atoms with Crippen molar-refractivity contribution in [2.75, 3.05) is 0 Å². The van der Waals surface area contributed by atoms with Crippen LogP contribution in [0.3, 0.4) is 0 Å². The van der Waals surface area contributed by atoms with Gasteiger partial charge in [-0.1, -0.05) is 19.1 Å². The van der Waals surface area contributed by atoms with Crippen molar-refractivity contribution in [1.82, 2.24) is 14.9 Å². The van der Waals surface area contributed by atoms with Crippen LogP contribution in [0.5, 0.6) is 0 Å². The van der Waals surface area contributed by atoms with Gasteiger partial charge in [-0.05, 0) is 26.0 Å². The number of aryl methyl sites for hydroxylation is 1. The fourth-order valence-electron chi connectivity index (χ4n) is 2.20. The van der Waals surface area contributed by atoms with Crippen LogP contribution in [0.1, 0.15) is 32.6 Å². The van der Waals surface area contributed by atoms with E-state index in [1.165, 1.54) is 0 Å². The molecule has 5 nitrogen and oxygen atoms in total. The van der Waals surface area contributed by atoms with Crippen molar-refractivity contribution < 1.29 is 4.79 Å². The van der Waals surface area contributed by atoms with E-state index in [4.69, 9.17) is 5.73 Å². The molecule has 1 aromatic carbocycles. The Labute approximate surface area is 143 Å². The third-order valence-corrected chi connectivity index (χ3v) is 3.77. The number of carbonyl (C=O) groups excluding carboxylic acids is 1. The smallest absolute Gasteiger partial charge is 0.224 e. The Morgan fingerprint density at radius 2 is 1.82 bits per heavy atom. The first-order valence-corrected chi connectivity index (χ1v) is 6.89. The second kappa shape index (κ2) is 8.36. The van der Waals surface area contributed by atoms with Crippen LogP contribution in [0.2, 0.25) is 0 Å². The van der Waals surface area contributed by atoms with Crippen LogP contribution in [0.15, 0.2) is 24.3 Å². The predicted octanol–water partition coefficient (Wildman–Crippen LogP) is 2.58. The molecular weight excluding hydrogens is 323 g/mol. The third kappa shape index (κ3) is 4.12. The van der Waals surface area contributed by atoms with Gasteiger partial charge in [0.2, 0.25) is 5.91 Å². The lowest BCUT2D eigenvalue weighted by atomic mass is 10.0. The summed E-state index contributed by atoms with van der Waals surface area (Å²) in [6.07, 6.45) is 0. The average molecular weight is 347 g/mol. The zero-order valence-electron chi connectivity index (χ0n) is 13.2. The van der Waals surface area contributed by atoms with E-state index in [9.17, 15) is 4.79 Å². The minimum Gasteiger partial charge on any atom is -0.346 e. The fraction of sp³-hybridized carbons (Fsp3) is 0.467. The largest absolute Gasteiger partial charge is 0.346 e. The Bertz CT molecular complexity index is 627. The van der Waals surface area contributed by atoms with Crippen LogP contribution in [0, 0.1) is 5.92 Å². The summed E-state index contributed by atoms with van der Waals surface area (Å²) in [4.78, 5) is 16.7. The van der Waals surface area contributed by atoms with Crippen LogP contribution in [0.25, 0.3) is 11.0 Å². The Morgan fingerprint density at radius 1 is 1.23 bits per heavy atom. The topological polar surface area (TPSA) is 72.9 Å². The van der Waals surface area contributed by atoms with Gasteiger partial charge in [-0.2, -0.15) is 0 Å². The maximum Gasteiger partial charge on any atom is 0.224 e. The molecule has 0 radical (unpaired) electrons. The van der Waals surface area contributed by atoms with E-state index in [1.807, 2.05) is 56.7 Å². The Hall–Kier alpha value is -1.30. The lowest BCUT2D eigenvalue weighted by Crippen LogP contribution is -2.40. The van der Waals surface area contributed by atoms with Crippen LogP contribution < -0.4 is 11.1 Å². The van der Waals surface area contributed by atoms with Gasteiger partial charge in [-0.3, -0.25) is 4.79 Å². The first-order valence-electron chi connectivity index (χ1n) is 6.89. The number of hydrogen-bond acceptors (Lipinski definition) is 3. The SMILES string of the molecule is CC(NC(=O)C(C)C(C)N)c1nc2ccccc2n1C.Cl.Cl. The number of hydrogen-bond donors (Lipinski definition) is 2. The molecule has 2 rings (SSSR count). The summed E-state index contributed by atoms with van der Waals surface area (Å²) in [6.45, 7) is 5.61. The van der Waals surface area contributed by atoms with E-state index in [1.54, 1.807) is 0 Å². The van der Waals surface area contributed by atoms with Gasteiger partial charge in [0.25, 0.3) is 0 Å². The van der Waals surface area contributed by atoms with E-state index in [-0.39, 0.29) is 48.7 Å². The molecule has 1 heterocycles. The number of carbonyl (C=O) groups is 1. The summed E-state index contributed by atoms with van der Waals surface area (Å²) >= 11 is 0. The molecule has 7 heteroatoms. The molecule has 1 amide bonds. The first-order chi connectivity index (χ1) is 9.41. The third-order valence-electron chi connectivity index (χ3n) is 3.77. The minimum absolute atomic E-state index is 0. The molecule has 0 aliphatic rings. The molecule has 0 aliphatic carbocycles. The highest BCUT2D eigenvalue weighted by atomic mass is 35.5. The van der Waals surface area contributed by atoms with Crippen molar-refractivity contribution in [1.29, 1.82) is 0 Å². The van der Waals surface area contributed by atoms with Crippen LogP contribution in [-0.4, -0.2) is 21.5 Å². The van der Waals surface area contributed by atoms with E-state index in [2.05, 4.69) is 10.3 Å². The van der Waals surface area contributed by atoms with Gasteiger partial charge in [0.1, 0.15) is 5.82 Å². The number of imidazole rings is 1. The molecule has 124 valence electrons. The molecule has 0 aliphatic heterocycles. The van der Waals surface area contributed by atoms with Gasteiger partial charge in [-0.15, -0.1) is 24.8 Å². The molecule has 0 bridgehead atoms. The maximum atomic E-state index is 12.1. The number of nitrogens with one attached hydrogen (secondary N) is 1. The number of nitrogens with zero attached hydrogens (tertiary/aromatic N) is 2. The number of para-hydroxylation sites is 2. The van der Waals surface area contributed by atoms with Gasteiger partial charge < -0.3 is 15.6 Å². The summed E-state index contributed by atoms with van der Waals surface area (Å²) in [6, 6.07) is 7.61. The molecule has 0 saturated carbocycles. The number of fused-ring (bicyclic) bond motifs is 1. The lowest BCUT2D eigenvalue weighted by molar-refractivity contribution is -0.125. The summed E-state index contributed by atoms with van der Waals surface area (Å²) in [5, 5.41) is 2.98. The quantitative estimate of drug-likeness (QED) is 0.893. The summed E-state index contributed by atoms with van der Waals surface area (Å²) in [7, 11) is 1.96. The normalized spacial score (nSPS) is 14.4. The van der Waals surface area contributed by atoms with Crippen molar-refractivity contribution in [3.8, 4) is 0 Å². The second-order valence-corrected chi connectivity index (χ2v) is 5.40. The number of amides is 1. The highest BCUT2D eigenvalue weighted by Crippen LogP contribution is 2.19. The Morgan fingerprint density at radius 3 is 2.36 bits per heavy atom. The molecule has 3 unspecified atom stereocenters. The molecule has 0 fully saturated rings. The average Bonchev–Trinajstić information content (AvgIpc) is 2.75. The number of aromatic nitrogens is 2. The molecular formula is C15H24Cl2N4O. The van der Waals surface area contributed by atoms with Crippen molar-refractivity contribution in [3.63, 3.8) is 0 Å². The molecule has 1 aromatic heterocycles. The molecule has 3 N–H and O–H groups in total. The summed E-state index contributed by atoms with van der Waals surface area (Å²) in [5.41, 5.74) is 7.76. The highest BCUT2D eigenvalue weighted by Gasteiger charge is 2.21. The standard InChI is InChI=1S/C15H22N4O.2ClH/c1-9(10(2)16)15(20)17-11(3)14-18-12-7-5-6-8-13(12)19(14)4;;/h5-11H,16H2,1-4H3,(H,17,20);2*1H. The van der Waals surface area contributed by atoms with Crippen molar-refractivity contribution in [2.24, 2.45) is 18.7 Å². The van der Waals surface area contributed by atoms with Gasteiger partial charge in [-0.25, -0.2) is 4.98 Å². The first kappa shape index (κ1) is 20.7. The van der Waals surface area contributed by atoms with Crippen molar-refractivity contribution >= 4 is 41.8 Å². The Balaban J connectivity index is 0.00000220. The molecule has 0 spiro atoms. The van der Waals surface area contributed by atoms with Gasteiger partial charge in [0, 0.05) is 19.0 Å². The number of rotatable bonds is 4.